The molecule has 6 nitrogen and oxygen atoms in total. The van der Waals surface area contributed by atoms with Crippen LogP contribution in [0.2, 0.25) is 5.02 Å². The number of thiophene rings is 1. The maximum atomic E-state index is 13.4. The number of rotatable bonds is 4. The first-order valence-corrected chi connectivity index (χ1v) is 9.64. The Bertz CT molecular complexity index is 1010. The summed E-state index contributed by atoms with van der Waals surface area (Å²) in [5.74, 6) is 0.436. The molecule has 4 rings (SSSR count). The van der Waals surface area contributed by atoms with Crippen LogP contribution >= 0.6 is 22.9 Å². The molecule has 0 radical (unpaired) electrons. The van der Waals surface area contributed by atoms with Gasteiger partial charge in [-0.3, -0.25) is 4.79 Å². The summed E-state index contributed by atoms with van der Waals surface area (Å²) in [7, 11) is 2.08. The monoisotopic (exact) mass is 390 g/mol. The van der Waals surface area contributed by atoms with Crippen molar-refractivity contribution in [1.29, 1.82) is 0 Å². The van der Waals surface area contributed by atoms with Crippen LogP contribution in [0.4, 0.5) is 5.95 Å². The second-order valence-corrected chi connectivity index (χ2v) is 7.89. The van der Waals surface area contributed by atoms with Crippen molar-refractivity contribution in [3.8, 4) is 5.69 Å². The summed E-state index contributed by atoms with van der Waals surface area (Å²) >= 11 is 7.58. The van der Waals surface area contributed by atoms with Gasteiger partial charge in [0.25, 0.3) is 5.56 Å². The van der Waals surface area contributed by atoms with E-state index < -0.39 is 0 Å². The van der Waals surface area contributed by atoms with E-state index >= 15 is 0 Å². The fourth-order valence-electron chi connectivity index (χ4n) is 3.29. The van der Waals surface area contributed by atoms with Gasteiger partial charge in [-0.25, -0.2) is 9.55 Å². The lowest BCUT2D eigenvalue weighted by molar-refractivity contribution is 0.310. The van der Waals surface area contributed by atoms with E-state index in [9.17, 15) is 9.90 Å². The third-order valence-electron chi connectivity index (χ3n) is 4.55. The summed E-state index contributed by atoms with van der Waals surface area (Å²) in [6.07, 6.45) is 0.854. The largest absolute Gasteiger partial charge is 0.395 e. The van der Waals surface area contributed by atoms with Crippen LogP contribution in [0.5, 0.6) is 0 Å². The highest BCUT2D eigenvalue weighted by molar-refractivity contribution is 7.18. The second-order valence-electron chi connectivity index (χ2n) is 6.37. The van der Waals surface area contributed by atoms with E-state index in [4.69, 9.17) is 16.6 Å². The average Bonchev–Trinajstić information content (AvgIpc) is 2.98. The molecule has 26 heavy (non-hydrogen) atoms. The third-order valence-corrected chi connectivity index (χ3v) is 5.91. The van der Waals surface area contributed by atoms with Crippen LogP contribution in [-0.2, 0) is 13.0 Å². The molecule has 136 valence electrons. The summed E-state index contributed by atoms with van der Waals surface area (Å²) in [6, 6.07) is 7.10. The molecule has 1 aliphatic heterocycles. The Labute approximate surface area is 159 Å². The van der Waals surface area contributed by atoms with Crippen molar-refractivity contribution in [1.82, 2.24) is 14.5 Å². The molecule has 0 spiro atoms. The number of nitrogens with zero attached hydrogens (tertiary/aromatic N) is 3. The van der Waals surface area contributed by atoms with Gasteiger partial charge in [0.15, 0.2) is 0 Å². The molecule has 0 atom stereocenters. The molecule has 0 bridgehead atoms. The van der Waals surface area contributed by atoms with Gasteiger partial charge in [0, 0.05) is 29.5 Å². The molecule has 0 aliphatic carbocycles. The Hall–Kier alpha value is -1.93. The van der Waals surface area contributed by atoms with E-state index in [2.05, 4.69) is 17.3 Å². The number of hydrogen-bond donors (Lipinski definition) is 2. The lowest BCUT2D eigenvalue weighted by atomic mass is 10.1. The highest BCUT2D eigenvalue weighted by Gasteiger charge is 2.24. The van der Waals surface area contributed by atoms with Crippen LogP contribution in [-0.4, -0.2) is 46.3 Å². The molecule has 0 saturated carbocycles. The first-order valence-electron chi connectivity index (χ1n) is 8.45. The number of benzene rings is 1. The lowest BCUT2D eigenvalue weighted by Crippen LogP contribution is -2.28. The Kier molecular flexibility index (Phi) is 4.71. The summed E-state index contributed by atoms with van der Waals surface area (Å²) in [5, 5.41) is 13.6. The zero-order valence-corrected chi connectivity index (χ0v) is 15.9. The number of likely N-dealkylation sites (N-methyl/N-ethyl adjacent to an activating group) is 1. The minimum atomic E-state index is -0.0835. The molecule has 8 heteroatoms. The summed E-state index contributed by atoms with van der Waals surface area (Å²) < 4.78 is 1.57. The van der Waals surface area contributed by atoms with Gasteiger partial charge in [0.2, 0.25) is 5.95 Å². The third kappa shape index (κ3) is 3.01. The number of anilines is 1. The van der Waals surface area contributed by atoms with E-state index in [0.29, 0.717) is 28.6 Å². The van der Waals surface area contributed by atoms with Crippen molar-refractivity contribution in [3.63, 3.8) is 0 Å². The number of aliphatic hydroxyl groups is 1. The predicted octanol–water partition coefficient (Wildman–Crippen LogP) is 2.49. The number of halogens is 1. The van der Waals surface area contributed by atoms with Crippen molar-refractivity contribution in [3.05, 3.63) is 50.1 Å². The first-order chi connectivity index (χ1) is 12.6. The van der Waals surface area contributed by atoms with Crippen LogP contribution in [0.25, 0.3) is 15.9 Å². The Morgan fingerprint density at radius 1 is 1.35 bits per heavy atom. The number of nitrogens with one attached hydrogen (secondary N) is 1. The predicted molar refractivity (Wildman–Crippen MR) is 106 cm³/mol. The molecule has 0 unspecified atom stereocenters. The van der Waals surface area contributed by atoms with E-state index in [0.717, 1.165) is 29.9 Å². The molecule has 3 aromatic rings. The van der Waals surface area contributed by atoms with Gasteiger partial charge in [-0.15, -0.1) is 11.3 Å². The van der Waals surface area contributed by atoms with Crippen LogP contribution in [0.3, 0.4) is 0 Å². The molecule has 3 heterocycles. The van der Waals surface area contributed by atoms with Crippen LogP contribution in [0.1, 0.15) is 10.4 Å². The normalized spacial score (nSPS) is 14.6. The molecule has 1 aliphatic rings. The van der Waals surface area contributed by atoms with Crippen molar-refractivity contribution in [2.24, 2.45) is 0 Å². The molecular weight excluding hydrogens is 372 g/mol. The molecule has 0 fully saturated rings. The van der Waals surface area contributed by atoms with Crippen molar-refractivity contribution in [2.75, 3.05) is 32.1 Å². The molecule has 1 aromatic carbocycles. The fourth-order valence-corrected chi connectivity index (χ4v) is 4.70. The van der Waals surface area contributed by atoms with Crippen molar-refractivity contribution >= 4 is 39.1 Å². The van der Waals surface area contributed by atoms with E-state index in [-0.39, 0.29) is 12.2 Å². The van der Waals surface area contributed by atoms with Gasteiger partial charge < -0.3 is 15.3 Å². The Morgan fingerprint density at radius 2 is 2.12 bits per heavy atom. The SMILES string of the molecule is CN1CCc2c(sc3nc(NCCO)n(-c4ccc(Cl)cc4)c(=O)c23)C1. The summed E-state index contributed by atoms with van der Waals surface area (Å²) in [5.41, 5.74) is 1.74. The van der Waals surface area contributed by atoms with Crippen molar-refractivity contribution in [2.45, 2.75) is 13.0 Å². The van der Waals surface area contributed by atoms with Gasteiger partial charge in [-0.1, -0.05) is 11.6 Å². The highest BCUT2D eigenvalue weighted by atomic mass is 35.5. The molecule has 0 saturated heterocycles. The van der Waals surface area contributed by atoms with Crippen LogP contribution < -0.4 is 10.9 Å². The number of hydrogen-bond acceptors (Lipinski definition) is 6. The number of aromatic nitrogens is 2. The van der Waals surface area contributed by atoms with E-state index in [1.165, 1.54) is 4.88 Å². The summed E-state index contributed by atoms with van der Waals surface area (Å²) in [4.78, 5) is 22.3. The highest BCUT2D eigenvalue weighted by Crippen LogP contribution is 2.33. The van der Waals surface area contributed by atoms with E-state index in [1.54, 1.807) is 40.2 Å². The number of fused-ring (bicyclic) bond motifs is 3. The Balaban J connectivity index is 1.96. The molecule has 2 N–H and O–H groups in total. The maximum Gasteiger partial charge on any atom is 0.268 e. The average molecular weight is 391 g/mol. The van der Waals surface area contributed by atoms with Crippen molar-refractivity contribution < 1.29 is 5.11 Å². The minimum absolute atomic E-state index is 0.0414. The molecular formula is C18H19ClN4O2S. The van der Waals surface area contributed by atoms with E-state index in [1.807, 2.05) is 0 Å². The maximum absolute atomic E-state index is 13.4. The number of aliphatic hydroxyl groups excluding tert-OH is 1. The lowest BCUT2D eigenvalue weighted by Gasteiger charge is -2.21. The molecule has 0 amide bonds. The van der Waals surface area contributed by atoms with Gasteiger partial charge in [-0.2, -0.15) is 0 Å². The van der Waals surface area contributed by atoms with Gasteiger partial charge in [-0.05, 0) is 43.3 Å². The fraction of sp³-hybridized carbons (Fsp3) is 0.333. The standard InChI is InChI=1S/C18H19ClN4O2S/c1-22-8-6-13-14(10-22)26-16-15(13)17(25)23(18(21-16)20-7-9-24)12-4-2-11(19)3-5-12/h2-5,24H,6-10H2,1H3,(H,20,21). The topological polar surface area (TPSA) is 70.4 Å². The van der Waals surface area contributed by atoms with Crippen LogP contribution in [0, 0.1) is 0 Å². The minimum Gasteiger partial charge on any atom is -0.395 e. The summed E-state index contributed by atoms with van der Waals surface area (Å²) in [6.45, 7) is 2.06. The zero-order valence-electron chi connectivity index (χ0n) is 14.3. The Morgan fingerprint density at radius 3 is 2.85 bits per heavy atom. The quantitative estimate of drug-likeness (QED) is 0.716. The van der Waals surface area contributed by atoms with Gasteiger partial charge in [0.05, 0.1) is 17.7 Å². The first kappa shape index (κ1) is 17.5. The second kappa shape index (κ2) is 7.00. The van der Waals surface area contributed by atoms with Gasteiger partial charge in [0.1, 0.15) is 4.83 Å². The smallest absolute Gasteiger partial charge is 0.268 e. The van der Waals surface area contributed by atoms with Crippen LogP contribution in [0.15, 0.2) is 29.1 Å². The zero-order chi connectivity index (χ0) is 18.3. The molecule has 2 aromatic heterocycles. The van der Waals surface area contributed by atoms with Gasteiger partial charge >= 0.3 is 0 Å².